The Morgan fingerprint density at radius 3 is 2.68 bits per heavy atom. The molecule has 0 saturated heterocycles. The van der Waals surface area contributed by atoms with Gasteiger partial charge in [0.15, 0.2) is 5.15 Å². The van der Waals surface area contributed by atoms with E-state index in [0.29, 0.717) is 10.6 Å². The molecular weight excluding hydrogens is 376 g/mol. The molecule has 1 aromatic carbocycles. The van der Waals surface area contributed by atoms with E-state index in [2.05, 4.69) is 20.7 Å². The smallest absolute Gasteiger partial charge is 0.162 e. The zero-order chi connectivity index (χ0) is 18.0. The summed E-state index contributed by atoms with van der Waals surface area (Å²) in [5, 5.41) is 14.4. The van der Waals surface area contributed by atoms with Crippen molar-refractivity contribution in [3.8, 4) is 22.4 Å². The van der Waals surface area contributed by atoms with E-state index in [1.807, 2.05) is 38.1 Å². The maximum absolute atomic E-state index is 9.19. The van der Waals surface area contributed by atoms with Crippen molar-refractivity contribution in [1.29, 1.82) is 5.26 Å². The third-order valence-corrected chi connectivity index (χ3v) is 6.21. The second-order valence-electron chi connectivity index (χ2n) is 5.35. The molecule has 25 heavy (non-hydrogen) atoms. The number of halogens is 1. The van der Waals surface area contributed by atoms with Gasteiger partial charge in [0.2, 0.25) is 0 Å². The number of rotatable bonds is 5. The molecule has 3 rings (SSSR count). The molecule has 1 unspecified atom stereocenters. The predicted molar refractivity (Wildman–Crippen MR) is 103 cm³/mol. The number of anilines is 1. The van der Waals surface area contributed by atoms with Gasteiger partial charge >= 0.3 is 0 Å². The monoisotopic (exact) mass is 390 g/mol. The molecule has 0 amide bonds. The third-order valence-electron chi connectivity index (χ3n) is 3.67. The number of ether oxygens (including phenoxy) is 1. The standard InChI is InChI=1S/C17H15ClN4OS2/c1-9-14(10(2)21-17-13(8-19)15(18)22-25-17)24-16(20-9)11-4-6-12(23-3)7-5-11/h4-7,10,21H,1-3H3. The molecule has 8 heteroatoms. The number of nitrogens with zero attached hydrogens (tertiary/aromatic N) is 3. The van der Waals surface area contributed by atoms with Crippen LogP contribution in [0.5, 0.6) is 5.75 Å². The normalized spacial score (nSPS) is 11.8. The van der Waals surface area contributed by atoms with E-state index in [1.54, 1.807) is 18.4 Å². The predicted octanol–water partition coefficient (Wildman–Crippen LogP) is 5.28. The molecule has 0 aliphatic heterocycles. The fraction of sp³-hybridized carbons (Fsp3) is 0.235. The van der Waals surface area contributed by atoms with Gasteiger partial charge in [-0.3, -0.25) is 0 Å². The molecule has 5 nitrogen and oxygen atoms in total. The first-order chi connectivity index (χ1) is 12.0. The SMILES string of the molecule is COc1ccc(-c2nc(C)c(C(C)Nc3snc(Cl)c3C#N)s2)cc1. The molecule has 0 spiro atoms. The Morgan fingerprint density at radius 1 is 1.32 bits per heavy atom. The zero-order valence-electron chi connectivity index (χ0n) is 13.8. The lowest BCUT2D eigenvalue weighted by atomic mass is 10.2. The fourth-order valence-electron chi connectivity index (χ4n) is 2.40. The number of benzene rings is 1. The van der Waals surface area contributed by atoms with Crippen molar-refractivity contribution in [2.45, 2.75) is 19.9 Å². The van der Waals surface area contributed by atoms with Crippen LogP contribution in [0, 0.1) is 18.3 Å². The first-order valence-corrected chi connectivity index (χ1v) is 9.43. The molecule has 1 N–H and O–H groups in total. The summed E-state index contributed by atoms with van der Waals surface area (Å²) in [5.74, 6) is 0.818. The van der Waals surface area contributed by atoms with Crippen LogP contribution >= 0.6 is 34.5 Å². The van der Waals surface area contributed by atoms with E-state index in [0.717, 1.165) is 26.9 Å². The average molecular weight is 391 g/mol. The first-order valence-electron chi connectivity index (χ1n) is 7.47. The summed E-state index contributed by atoms with van der Waals surface area (Å²) in [5.41, 5.74) is 2.40. The van der Waals surface area contributed by atoms with Crippen molar-refractivity contribution < 1.29 is 4.74 Å². The van der Waals surface area contributed by atoms with Crippen LogP contribution in [0.3, 0.4) is 0 Å². The van der Waals surface area contributed by atoms with Gasteiger partial charge in [0.05, 0.1) is 18.8 Å². The molecule has 0 aliphatic carbocycles. The number of aromatic nitrogens is 2. The first kappa shape index (κ1) is 17.7. The largest absolute Gasteiger partial charge is 0.497 e. The van der Waals surface area contributed by atoms with Crippen molar-refractivity contribution in [3.63, 3.8) is 0 Å². The Labute approximate surface area is 159 Å². The average Bonchev–Trinajstić information content (AvgIpc) is 3.17. The van der Waals surface area contributed by atoms with Crippen molar-refractivity contribution in [1.82, 2.24) is 9.36 Å². The Bertz CT molecular complexity index is 927. The number of nitrogens with one attached hydrogen (secondary N) is 1. The second kappa shape index (κ2) is 7.40. The number of thiazole rings is 1. The molecule has 0 aliphatic rings. The van der Waals surface area contributed by atoms with Crippen molar-refractivity contribution in [2.75, 3.05) is 12.4 Å². The lowest BCUT2D eigenvalue weighted by Crippen LogP contribution is -2.06. The van der Waals surface area contributed by atoms with E-state index in [4.69, 9.17) is 16.3 Å². The van der Waals surface area contributed by atoms with Crippen LogP contribution in [0.4, 0.5) is 5.00 Å². The minimum Gasteiger partial charge on any atom is -0.497 e. The number of methoxy groups -OCH3 is 1. The molecule has 0 fully saturated rings. The number of hydrogen-bond donors (Lipinski definition) is 1. The van der Waals surface area contributed by atoms with Crippen LogP contribution in [0.15, 0.2) is 24.3 Å². The van der Waals surface area contributed by atoms with Gasteiger partial charge in [0.1, 0.15) is 27.4 Å². The molecule has 128 valence electrons. The minimum absolute atomic E-state index is 0.00637. The van der Waals surface area contributed by atoms with E-state index >= 15 is 0 Å². The van der Waals surface area contributed by atoms with Gasteiger partial charge in [-0.05, 0) is 49.6 Å². The molecule has 3 aromatic rings. The summed E-state index contributed by atoms with van der Waals surface area (Å²) >= 11 is 8.75. The summed E-state index contributed by atoms with van der Waals surface area (Å²) in [4.78, 5) is 5.79. The number of hydrogen-bond acceptors (Lipinski definition) is 7. The highest BCUT2D eigenvalue weighted by molar-refractivity contribution is 7.15. The molecule has 1 atom stereocenters. The molecule has 2 aromatic heterocycles. The summed E-state index contributed by atoms with van der Waals surface area (Å²) in [7, 11) is 1.65. The fourth-order valence-corrected chi connectivity index (χ4v) is 4.49. The second-order valence-corrected chi connectivity index (χ2v) is 7.51. The minimum atomic E-state index is -0.00637. The maximum Gasteiger partial charge on any atom is 0.162 e. The van der Waals surface area contributed by atoms with E-state index in [-0.39, 0.29) is 11.2 Å². The van der Waals surface area contributed by atoms with E-state index in [1.165, 1.54) is 11.5 Å². The third kappa shape index (κ3) is 3.61. The van der Waals surface area contributed by atoms with Crippen molar-refractivity contribution in [3.05, 3.63) is 45.6 Å². The molecule has 2 heterocycles. The lowest BCUT2D eigenvalue weighted by Gasteiger charge is -2.12. The van der Waals surface area contributed by atoms with E-state index < -0.39 is 0 Å². The van der Waals surface area contributed by atoms with Crippen LogP contribution in [0.25, 0.3) is 10.6 Å². The van der Waals surface area contributed by atoms with E-state index in [9.17, 15) is 5.26 Å². The topological polar surface area (TPSA) is 70.8 Å². The zero-order valence-corrected chi connectivity index (χ0v) is 16.2. The summed E-state index contributed by atoms with van der Waals surface area (Å²) in [6, 6.07) is 9.92. The van der Waals surface area contributed by atoms with Crippen molar-refractivity contribution in [2.24, 2.45) is 0 Å². The van der Waals surface area contributed by atoms with Crippen LogP contribution in [0.2, 0.25) is 5.15 Å². The van der Waals surface area contributed by atoms with Gasteiger partial charge in [-0.1, -0.05) is 11.6 Å². The van der Waals surface area contributed by atoms with Gasteiger partial charge in [0, 0.05) is 10.4 Å². The summed E-state index contributed by atoms with van der Waals surface area (Å²) < 4.78 is 9.22. The van der Waals surface area contributed by atoms with Crippen molar-refractivity contribution >= 4 is 39.5 Å². The highest BCUT2D eigenvalue weighted by atomic mass is 35.5. The maximum atomic E-state index is 9.19. The highest BCUT2D eigenvalue weighted by Crippen LogP contribution is 2.36. The summed E-state index contributed by atoms with van der Waals surface area (Å²) in [6.07, 6.45) is 0. The van der Waals surface area contributed by atoms with Crippen LogP contribution in [0.1, 0.15) is 29.1 Å². The van der Waals surface area contributed by atoms with Crippen LogP contribution < -0.4 is 10.1 Å². The Morgan fingerprint density at radius 2 is 2.04 bits per heavy atom. The quantitative estimate of drug-likeness (QED) is 0.641. The molecular formula is C17H15ClN4OS2. The Balaban J connectivity index is 1.85. The van der Waals surface area contributed by atoms with Gasteiger partial charge in [-0.15, -0.1) is 11.3 Å². The van der Waals surface area contributed by atoms with Crippen LogP contribution in [-0.4, -0.2) is 16.5 Å². The van der Waals surface area contributed by atoms with Gasteiger partial charge in [-0.25, -0.2) is 4.98 Å². The van der Waals surface area contributed by atoms with Gasteiger partial charge in [-0.2, -0.15) is 9.64 Å². The van der Waals surface area contributed by atoms with Gasteiger partial charge < -0.3 is 10.1 Å². The number of nitriles is 1. The molecule has 0 bridgehead atoms. The van der Waals surface area contributed by atoms with Gasteiger partial charge in [0.25, 0.3) is 0 Å². The number of aryl methyl sites for hydroxylation is 1. The molecule has 0 radical (unpaired) electrons. The Hall–Kier alpha value is -2.14. The summed E-state index contributed by atoms with van der Waals surface area (Å²) in [6.45, 7) is 4.02. The molecule has 0 saturated carbocycles. The lowest BCUT2D eigenvalue weighted by molar-refractivity contribution is 0.415. The van der Waals surface area contributed by atoms with Crippen LogP contribution in [-0.2, 0) is 0 Å². The highest BCUT2D eigenvalue weighted by Gasteiger charge is 2.19. The Kier molecular flexibility index (Phi) is 5.23.